The summed E-state index contributed by atoms with van der Waals surface area (Å²) in [6, 6.07) is 13.8. The number of benzene rings is 1. The Kier molecular flexibility index (Phi) is 5.31. The summed E-state index contributed by atoms with van der Waals surface area (Å²) in [4.78, 5) is 20.6. The minimum absolute atomic E-state index is 0.0603. The van der Waals surface area contributed by atoms with E-state index in [9.17, 15) is 9.90 Å². The van der Waals surface area contributed by atoms with Gasteiger partial charge in [0.2, 0.25) is 5.82 Å². The maximum absolute atomic E-state index is 13.2. The first-order valence-corrected chi connectivity index (χ1v) is 10.1. The van der Waals surface area contributed by atoms with Gasteiger partial charge in [-0.15, -0.1) is 16.4 Å². The molecular weight excluding hydrogens is 360 g/mol. The smallest absolute Gasteiger partial charge is 0.293 e. The molecule has 1 fully saturated rings. The van der Waals surface area contributed by atoms with E-state index in [1.807, 2.05) is 52.7 Å². The number of likely N-dealkylation sites (tertiary alicyclic amines) is 1. The molecule has 1 aliphatic heterocycles. The minimum Gasteiger partial charge on any atom is -0.396 e. The Labute approximate surface area is 162 Å². The fraction of sp³-hybridized carbons (Fsp3) is 0.350. The van der Waals surface area contributed by atoms with E-state index in [4.69, 9.17) is 0 Å². The maximum atomic E-state index is 13.2. The zero-order valence-corrected chi connectivity index (χ0v) is 15.8. The van der Waals surface area contributed by atoms with Crippen molar-refractivity contribution in [3.63, 3.8) is 0 Å². The fourth-order valence-corrected chi connectivity index (χ4v) is 4.26. The van der Waals surface area contributed by atoms with E-state index < -0.39 is 0 Å². The largest absolute Gasteiger partial charge is 0.396 e. The van der Waals surface area contributed by atoms with Crippen LogP contribution in [0.15, 0.2) is 47.8 Å². The number of carbonyl (C=O) groups is 1. The molecule has 2 aromatic heterocycles. The van der Waals surface area contributed by atoms with Crippen LogP contribution in [-0.4, -0.2) is 49.9 Å². The predicted molar refractivity (Wildman–Crippen MR) is 105 cm³/mol. The van der Waals surface area contributed by atoms with Gasteiger partial charge in [0.05, 0.1) is 10.6 Å². The lowest BCUT2D eigenvalue weighted by atomic mass is 9.99. The molecule has 140 valence electrons. The topological polar surface area (TPSA) is 71.2 Å². The second-order valence-electron chi connectivity index (χ2n) is 6.64. The van der Waals surface area contributed by atoms with E-state index in [0.717, 1.165) is 29.8 Å². The highest BCUT2D eigenvalue weighted by Crippen LogP contribution is 2.27. The van der Waals surface area contributed by atoms with Gasteiger partial charge < -0.3 is 10.0 Å². The molecule has 1 N–H and O–H groups in total. The molecule has 7 heteroatoms. The van der Waals surface area contributed by atoms with Gasteiger partial charge in [0.25, 0.3) is 5.91 Å². The Hall–Kier alpha value is -2.51. The van der Waals surface area contributed by atoms with Crippen LogP contribution in [0.2, 0.25) is 0 Å². The van der Waals surface area contributed by atoms with Gasteiger partial charge in [-0.1, -0.05) is 24.3 Å². The number of amides is 1. The molecule has 3 heterocycles. The number of carbonyl (C=O) groups excluding carboxylic acids is 1. The number of aromatic nitrogens is 3. The Morgan fingerprint density at radius 2 is 2.04 bits per heavy atom. The summed E-state index contributed by atoms with van der Waals surface area (Å²) < 4.78 is 1.74. The van der Waals surface area contributed by atoms with Crippen LogP contribution in [-0.2, 0) is 0 Å². The maximum Gasteiger partial charge on any atom is 0.293 e. The molecule has 1 aliphatic rings. The summed E-state index contributed by atoms with van der Waals surface area (Å²) >= 11 is 1.57. The number of aliphatic hydroxyl groups excluding tert-OH is 1. The van der Waals surface area contributed by atoms with Crippen molar-refractivity contribution in [1.82, 2.24) is 19.7 Å². The summed E-state index contributed by atoms with van der Waals surface area (Å²) in [7, 11) is 0. The Balaban J connectivity index is 1.72. The molecule has 0 bridgehead atoms. The highest BCUT2D eigenvalue weighted by molar-refractivity contribution is 7.13. The molecule has 4 rings (SSSR count). The van der Waals surface area contributed by atoms with Gasteiger partial charge in [-0.05, 0) is 49.3 Å². The highest BCUT2D eigenvalue weighted by atomic mass is 32.1. The van der Waals surface area contributed by atoms with Gasteiger partial charge >= 0.3 is 0 Å². The molecule has 27 heavy (non-hydrogen) atoms. The molecule has 3 aromatic rings. The van der Waals surface area contributed by atoms with Crippen LogP contribution in [0.3, 0.4) is 0 Å². The fourth-order valence-electron chi connectivity index (χ4n) is 3.56. The molecule has 1 amide bonds. The van der Waals surface area contributed by atoms with E-state index in [0.29, 0.717) is 18.8 Å². The quantitative estimate of drug-likeness (QED) is 0.734. The summed E-state index contributed by atoms with van der Waals surface area (Å²) in [5.74, 6) is 0.739. The molecule has 6 nitrogen and oxygen atoms in total. The predicted octanol–water partition coefficient (Wildman–Crippen LogP) is 3.37. The van der Waals surface area contributed by atoms with Crippen LogP contribution >= 0.6 is 11.3 Å². The van der Waals surface area contributed by atoms with Gasteiger partial charge in [0.1, 0.15) is 0 Å². The van der Waals surface area contributed by atoms with Crippen molar-refractivity contribution in [3.8, 4) is 16.4 Å². The van der Waals surface area contributed by atoms with Crippen LogP contribution in [0, 0.1) is 0 Å². The van der Waals surface area contributed by atoms with Crippen LogP contribution in [0.1, 0.15) is 36.3 Å². The third-order valence-corrected chi connectivity index (χ3v) is 5.76. The first kappa shape index (κ1) is 17.9. The van der Waals surface area contributed by atoms with Crippen LogP contribution in [0.25, 0.3) is 16.4 Å². The van der Waals surface area contributed by atoms with Gasteiger partial charge in [0, 0.05) is 19.2 Å². The van der Waals surface area contributed by atoms with Crippen LogP contribution in [0.4, 0.5) is 0 Å². The molecule has 1 unspecified atom stereocenters. The highest BCUT2D eigenvalue weighted by Gasteiger charge is 2.30. The number of piperidine rings is 1. The molecule has 1 aromatic carbocycles. The molecule has 1 atom stereocenters. The molecule has 0 aliphatic carbocycles. The van der Waals surface area contributed by atoms with Crippen molar-refractivity contribution in [3.05, 3.63) is 53.7 Å². The molecule has 1 saturated heterocycles. The van der Waals surface area contributed by atoms with Crippen molar-refractivity contribution in [2.75, 3.05) is 13.2 Å². The lowest BCUT2D eigenvalue weighted by Gasteiger charge is -2.34. The number of para-hydroxylation sites is 1. The van der Waals surface area contributed by atoms with Crippen molar-refractivity contribution in [2.45, 2.75) is 31.7 Å². The van der Waals surface area contributed by atoms with Gasteiger partial charge in [-0.2, -0.15) is 0 Å². The van der Waals surface area contributed by atoms with Crippen LogP contribution < -0.4 is 0 Å². The number of rotatable bonds is 5. The van der Waals surface area contributed by atoms with Crippen molar-refractivity contribution in [1.29, 1.82) is 0 Å². The second-order valence-corrected chi connectivity index (χ2v) is 7.59. The first-order chi connectivity index (χ1) is 13.3. The zero-order valence-electron chi connectivity index (χ0n) is 15.0. The number of thiophene rings is 1. The second kappa shape index (κ2) is 8.02. The minimum atomic E-state index is -0.152. The number of aliphatic hydroxyl groups is 1. The van der Waals surface area contributed by atoms with E-state index >= 15 is 0 Å². The lowest BCUT2D eigenvalue weighted by molar-refractivity contribution is 0.0562. The molecule has 0 radical (unpaired) electrons. The van der Waals surface area contributed by atoms with Crippen LogP contribution in [0.5, 0.6) is 0 Å². The summed E-state index contributed by atoms with van der Waals surface area (Å²) in [5, 5.41) is 15.9. The molecule has 0 spiro atoms. The number of hydrogen-bond acceptors (Lipinski definition) is 5. The average Bonchev–Trinajstić information content (AvgIpc) is 3.38. The third kappa shape index (κ3) is 3.65. The van der Waals surface area contributed by atoms with Gasteiger partial charge in [-0.3, -0.25) is 4.79 Å². The van der Waals surface area contributed by atoms with E-state index in [1.54, 1.807) is 16.0 Å². The first-order valence-electron chi connectivity index (χ1n) is 9.26. The number of nitrogens with zero attached hydrogens (tertiary/aromatic N) is 4. The van der Waals surface area contributed by atoms with Crippen molar-refractivity contribution in [2.24, 2.45) is 0 Å². The van der Waals surface area contributed by atoms with E-state index in [2.05, 4.69) is 10.1 Å². The number of hydrogen-bond donors (Lipinski definition) is 1. The zero-order chi connectivity index (χ0) is 18.6. The normalized spacial score (nSPS) is 17.2. The third-order valence-electron chi connectivity index (χ3n) is 4.89. The monoisotopic (exact) mass is 382 g/mol. The van der Waals surface area contributed by atoms with Crippen molar-refractivity contribution < 1.29 is 9.90 Å². The van der Waals surface area contributed by atoms with Gasteiger partial charge in [0.15, 0.2) is 5.82 Å². The van der Waals surface area contributed by atoms with E-state index in [1.165, 1.54) is 0 Å². The Bertz CT molecular complexity index is 890. The summed E-state index contributed by atoms with van der Waals surface area (Å²) in [5.41, 5.74) is 0.873. The van der Waals surface area contributed by atoms with E-state index in [-0.39, 0.29) is 24.4 Å². The summed E-state index contributed by atoms with van der Waals surface area (Å²) in [6.07, 6.45) is 3.58. The van der Waals surface area contributed by atoms with Crippen molar-refractivity contribution >= 4 is 17.2 Å². The molecule has 0 saturated carbocycles. The van der Waals surface area contributed by atoms with Gasteiger partial charge in [-0.25, -0.2) is 9.67 Å². The SMILES string of the molecule is O=C(c1nc(-c2cccs2)n(-c2ccccc2)n1)N1CCCCC1CCO. The lowest BCUT2D eigenvalue weighted by Crippen LogP contribution is -2.44. The average molecular weight is 382 g/mol. The Morgan fingerprint density at radius 3 is 2.78 bits per heavy atom. The standard InChI is InChI=1S/C20H22N4O2S/c25-13-11-15-7-4-5-12-23(15)20(26)18-21-19(17-10-6-14-27-17)24(22-18)16-8-2-1-3-9-16/h1-3,6,8-10,14-15,25H,4-5,7,11-13H2. The molecular formula is C20H22N4O2S. The summed E-state index contributed by atoms with van der Waals surface area (Å²) in [6.45, 7) is 0.776. The Morgan fingerprint density at radius 1 is 1.19 bits per heavy atom.